The quantitative estimate of drug-likeness (QED) is 0.598. The van der Waals surface area contributed by atoms with E-state index in [4.69, 9.17) is 9.47 Å². The standard InChI is InChI=1S/C25H36N2O4/c1-30-22-12-11-21(23(16-22)31-2)17-26-24(28)13-10-20-9-6-14-27(18-20)25(29)15-19-7-4-3-5-8-19/h7,11-12,16,20H,3-6,8-10,13-15,17-18H2,1-2H3,(H,26,28)/t20-/m0/s1. The van der Waals surface area contributed by atoms with Gasteiger partial charge in [-0.1, -0.05) is 11.6 Å². The van der Waals surface area contributed by atoms with E-state index in [0.717, 1.165) is 56.5 Å². The Bertz CT molecular complexity index is 790. The van der Waals surface area contributed by atoms with Crippen LogP contribution in [0.3, 0.4) is 0 Å². The summed E-state index contributed by atoms with van der Waals surface area (Å²) in [6.07, 6.45) is 10.9. The molecule has 1 aromatic rings. The molecule has 1 aromatic carbocycles. The summed E-state index contributed by atoms with van der Waals surface area (Å²) in [6.45, 7) is 2.06. The van der Waals surface area contributed by atoms with Gasteiger partial charge in [0.15, 0.2) is 0 Å². The highest BCUT2D eigenvalue weighted by Gasteiger charge is 2.24. The molecule has 2 aliphatic rings. The Morgan fingerprint density at radius 2 is 2.03 bits per heavy atom. The third-order valence-electron chi connectivity index (χ3n) is 6.38. The average molecular weight is 429 g/mol. The van der Waals surface area contributed by atoms with Crippen LogP contribution in [0.2, 0.25) is 0 Å². The number of benzene rings is 1. The number of ether oxygens (including phenoxy) is 2. The third-order valence-corrected chi connectivity index (χ3v) is 6.38. The fraction of sp³-hybridized carbons (Fsp3) is 0.600. The first kappa shape index (κ1) is 23.2. The molecule has 1 N–H and O–H groups in total. The maximum atomic E-state index is 12.7. The largest absolute Gasteiger partial charge is 0.497 e. The van der Waals surface area contributed by atoms with Crippen molar-refractivity contribution >= 4 is 11.8 Å². The summed E-state index contributed by atoms with van der Waals surface area (Å²) in [5.41, 5.74) is 2.23. The Morgan fingerprint density at radius 3 is 2.77 bits per heavy atom. The van der Waals surface area contributed by atoms with E-state index in [0.29, 0.717) is 31.1 Å². The monoisotopic (exact) mass is 428 g/mol. The number of hydrogen-bond acceptors (Lipinski definition) is 4. The third kappa shape index (κ3) is 7.01. The maximum absolute atomic E-state index is 12.7. The van der Waals surface area contributed by atoms with Gasteiger partial charge in [0.2, 0.25) is 11.8 Å². The van der Waals surface area contributed by atoms with Crippen LogP contribution in [0.1, 0.15) is 63.4 Å². The van der Waals surface area contributed by atoms with E-state index in [1.807, 2.05) is 23.1 Å². The Balaban J connectivity index is 1.41. The van der Waals surface area contributed by atoms with Crippen LogP contribution in [0, 0.1) is 5.92 Å². The zero-order valence-electron chi connectivity index (χ0n) is 19.0. The lowest BCUT2D eigenvalue weighted by atomic mass is 9.92. The summed E-state index contributed by atoms with van der Waals surface area (Å²) < 4.78 is 10.6. The van der Waals surface area contributed by atoms with Gasteiger partial charge in [-0.3, -0.25) is 9.59 Å². The molecule has 0 aromatic heterocycles. The highest BCUT2D eigenvalue weighted by molar-refractivity contribution is 5.79. The molecular weight excluding hydrogens is 392 g/mol. The minimum Gasteiger partial charge on any atom is -0.497 e. The minimum atomic E-state index is 0.0358. The SMILES string of the molecule is COc1ccc(CNC(=O)CC[C@@H]2CCCN(C(=O)CC3=CCCCC3)C2)c(OC)c1. The van der Waals surface area contributed by atoms with E-state index < -0.39 is 0 Å². The number of rotatable bonds is 9. The summed E-state index contributed by atoms with van der Waals surface area (Å²) in [7, 11) is 3.23. The van der Waals surface area contributed by atoms with Crippen LogP contribution in [-0.4, -0.2) is 44.0 Å². The first-order valence-electron chi connectivity index (χ1n) is 11.5. The number of nitrogens with zero attached hydrogens (tertiary/aromatic N) is 1. The number of carbonyl (C=O) groups is 2. The molecule has 6 heteroatoms. The van der Waals surface area contributed by atoms with Crippen molar-refractivity contribution in [1.29, 1.82) is 0 Å². The minimum absolute atomic E-state index is 0.0358. The van der Waals surface area contributed by atoms with Gasteiger partial charge in [0.1, 0.15) is 11.5 Å². The molecule has 0 saturated carbocycles. The second-order valence-electron chi connectivity index (χ2n) is 8.63. The molecule has 170 valence electrons. The molecule has 1 fully saturated rings. The average Bonchev–Trinajstić information content (AvgIpc) is 2.82. The Kier molecular flexibility index (Phi) is 8.80. The van der Waals surface area contributed by atoms with E-state index in [2.05, 4.69) is 11.4 Å². The highest BCUT2D eigenvalue weighted by Crippen LogP contribution is 2.26. The van der Waals surface area contributed by atoms with Crippen LogP contribution in [0.15, 0.2) is 29.8 Å². The van der Waals surface area contributed by atoms with Gasteiger partial charge in [-0.05, 0) is 63.0 Å². The van der Waals surface area contributed by atoms with E-state index in [9.17, 15) is 9.59 Å². The molecule has 1 heterocycles. The molecule has 1 aliphatic heterocycles. The number of methoxy groups -OCH3 is 2. The van der Waals surface area contributed by atoms with Gasteiger partial charge in [-0.15, -0.1) is 0 Å². The van der Waals surface area contributed by atoms with Gasteiger partial charge >= 0.3 is 0 Å². The first-order valence-corrected chi connectivity index (χ1v) is 11.5. The molecule has 6 nitrogen and oxygen atoms in total. The van der Waals surface area contributed by atoms with Crippen LogP contribution >= 0.6 is 0 Å². The van der Waals surface area contributed by atoms with Crippen molar-refractivity contribution < 1.29 is 19.1 Å². The van der Waals surface area contributed by atoms with Crippen LogP contribution in [0.5, 0.6) is 11.5 Å². The van der Waals surface area contributed by atoms with Gasteiger partial charge in [-0.25, -0.2) is 0 Å². The number of hydrogen-bond donors (Lipinski definition) is 1. The molecule has 0 radical (unpaired) electrons. The molecule has 0 spiro atoms. The Morgan fingerprint density at radius 1 is 1.16 bits per heavy atom. The van der Waals surface area contributed by atoms with Crippen molar-refractivity contribution in [3.05, 3.63) is 35.4 Å². The maximum Gasteiger partial charge on any atom is 0.226 e. The van der Waals surface area contributed by atoms with Crippen molar-refractivity contribution in [2.45, 2.75) is 64.3 Å². The topological polar surface area (TPSA) is 67.9 Å². The van der Waals surface area contributed by atoms with Crippen LogP contribution in [0.4, 0.5) is 0 Å². The summed E-state index contributed by atoms with van der Waals surface area (Å²) in [6, 6.07) is 5.59. The molecule has 3 rings (SSSR count). The molecule has 1 saturated heterocycles. The molecule has 1 atom stereocenters. The fourth-order valence-corrected chi connectivity index (χ4v) is 4.51. The van der Waals surface area contributed by atoms with Crippen LogP contribution in [0.25, 0.3) is 0 Å². The lowest BCUT2D eigenvalue weighted by Crippen LogP contribution is -2.40. The van der Waals surface area contributed by atoms with Crippen molar-refractivity contribution in [1.82, 2.24) is 10.2 Å². The molecule has 2 amide bonds. The fourth-order valence-electron chi connectivity index (χ4n) is 4.51. The number of allylic oxidation sites excluding steroid dienone is 1. The normalized spacial score (nSPS) is 18.8. The number of piperidine rings is 1. The number of amides is 2. The molecular formula is C25H36N2O4. The highest BCUT2D eigenvalue weighted by atomic mass is 16.5. The Labute approximate surface area is 186 Å². The Hall–Kier alpha value is -2.50. The summed E-state index contributed by atoms with van der Waals surface area (Å²) in [5, 5.41) is 2.99. The first-order chi connectivity index (χ1) is 15.1. The summed E-state index contributed by atoms with van der Waals surface area (Å²) >= 11 is 0. The summed E-state index contributed by atoms with van der Waals surface area (Å²) in [4.78, 5) is 27.1. The molecule has 0 unspecified atom stereocenters. The number of likely N-dealkylation sites (tertiary alicyclic amines) is 1. The van der Waals surface area contributed by atoms with E-state index in [-0.39, 0.29) is 11.8 Å². The van der Waals surface area contributed by atoms with Gasteiger partial charge in [0.05, 0.1) is 14.2 Å². The van der Waals surface area contributed by atoms with Crippen LogP contribution in [-0.2, 0) is 16.1 Å². The number of carbonyl (C=O) groups excluding carboxylic acids is 2. The predicted octanol–water partition coefficient (Wildman–Crippen LogP) is 4.23. The lowest BCUT2D eigenvalue weighted by molar-refractivity contribution is -0.132. The van der Waals surface area contributed by atoms with E-state index in [1.54, 1.807) is 14.2 Å². The molecule has 1 aliphatic carbocycles. The zero-order valence-corrected chi connectivity index (χ0v) is 19.0. The van der Waals surface area contributed by atoms with Crippen molar-refractivity contribution in [3.63, 3.8) is 0 Å². The second-order valence-corrected chi connectivity index (χ2v) is 8.63. The van der Waals surface area contributed by atoms with Gasteiger partial charge in [-0.2, -0.15) is 0 Å². The second kappa shape index (κ2) is 11.8. The molecule has 31 heavy (non-hydrogen) atoms. The molecule has 0 bridgehead atoms. The smallest absolute Gasteiger partial charge is 0.226 e. The van der Waals surface area contributed by atoms with Crippen LogP contribution < -0.4 is 14.8 Å². The van der Waals surface area contributed by atoms with Gasteiger partial charge in [0.25, 0.3) is 0 Å². The van der Waals surface area contributed by atoms with Gasteiger partial charge in [0, 0.05) is 44.1 Å². The predicted molar refractivity (Wildman–Crippen MR) is 121 cm³/mol. The van der Waals surface area contributed by atoms with Crippen molar-refractivity contribution in [2.24, 2.45) is 5.92 Å². The van der Waals surface area contributed by atoms with Crippen molar-refractivity contribution in [3.8, 4) is 11.5 Å². The van der Waals surface area contributed by atoms with E-state index in [1.165, 1.54) is 18.4 Å². The lowest BCUT2D eigenvalue weighted by Gasteiger charge is -2.33. The van der Waals surface area contributed by atoms with E-state index >= 15 is 0 Å². The van der Waals surface area contributed by atoms with Gasteiger partial charge < -0.3 is 19.7 Å². The van der Waals surface area contributed by atoms with Crippen molar-refractivity contribution in [2.75, 3.05) is 27.3 Å². The number of nitrogens with one attached hydrogen (secondary N) is 1. The zero-order chi connectivity index (χ0) is 22.1. The summed E-state index contributed by atoms with van der Waals surface area (Å²) in [5.74, 6) is 2.12.